The molecular formula is C15H25N3O2S. The fourth-order valence-electron chi connectivity index (χ4n) is 2.65. The Hall–Kier alpha value is -0.980. The second kappa shape index (κ2) is 5.34. The molecule has 0 saturated heterocycles. The first-order valence-electron chi connectivity index (χ1n) is 7.31. The molecule has 0 bridgehead atoms. The lowest BCUT2D eigenvalue weighted by Crippen LogP contribution is -2.30. The molecule has 0 radical (unpaired) electrons. The first kappa shape index (κ1) is 16.4. The maximum Gasteiger partial charge on any atom is 0.258 e. The standard InChI is InChI=1S/C15H25N3O2S/c1-6-16-9-11-7-8-12(17-10-11)21(19,20)18-13-14(2,3)15(13,4)5/h7-8,10,13,16,18H,6,9H2,1-5H3. The van der Waals surface area contributed by atoms with Crippen molar-refractivity contribution in [3.63, 3.8) is 0 Å². The molecule has 0 unspecified atom stereocenters. The Kier molecular flexibility index (Phi) is 4.17. The van der Waals surface area contributed by atoms with E-state index in [0.29, 0.717) is 6.54 Å². The van der Waals surface area contributed by atoms with Crippen molar-refractivity contribution >= 4 is 10.0 Å². The van der Waals surface area contributed by atoms with E-state index in [9.17, 15) is 8.42 Å². The average Bonchev–Trinajstić information content (AvgIpc) is 2.79. The van der Waals surface area contributed by atoms with Crippen LogP contribution in [-0.4, -0.2) is 26.0 Å². The predicted octanol–water partition coefficient (Wildman–Crippen LogP) is 1.90. The smallest absolute Gasteiger partial charge is 0.258 e. The Morgan fingerprint density at radius 3 is 2.24 bits per heavy atom. The third kappa shape index (κ3) is 2.98. The van der Waals surface area contributed by atoms with Crippen LogP contribution in [0.2, 0.25) is 0 Å². The van der Waals surface area contributed by atoms with Gasteiger partial charge >= 0.3 is 0 Å². The molecule has 1 aliphatic rings. The molecule has 5 nitrogen and oxygen atoms in total. The Bertz CT molecular complexity index is 592. The van der Waals surface area contributed by atoms with Crippen LogP contribution in [0.25, 0.3) is 0 Å². The van der Waals surface area contributed by atoms with Crippen LogP contribution in [0.5, 0.6) is 0 Å². The van der Waals surface area contributed by atoms with Crippen molar-refractivity contribution < 1.29 is 8.42 Å². The van der Waals surface area contributed by atoms with Crippen molar-refractivity contribution in [2.75, 3.05) is 6.54 Å². The summed E-state index contributed by atoms with van der Waals surface area (Å²) in [6.07, 6.45) is 1.61. The number of hydrogen-bond donors (Lipinski definition) is 2. The largest absolute Gasteiger partial charge is 0.313 e. The van der Waals surface area contributed by atoms with E-state index in [1.54, 1.807) is 18.3 Å². The maximum atomic E-state index is 12.4. The Balaban J connectivity index is 2.10. The molecule has 1 aliphatic carbocycles. The minimum absolute atomic E-state index is 0.0367. The van der Waals surface area contributed by atoms with Gasteiger partial charge in [-0.1, -0.05) is 40.7 Å². The normalized spacial score (nSPS) is 20.4. The number of nitrogens with zero attached hydrogens (tertiary/aromatic N) is 1. The van der Waals surface area contributed by atoms with Gasteiger partial charge in [0.25, 0.3) is 10.0 Å². The summed E-state index contributed by atoms with van der Waals surface area (Å²) >= 11 is 0. The highest BCUT2D eigenvalue weighted by Gasteiger charge is 2.66. The molecule has 1 aromatic rings. The summed E-state index contributed by atoms with van der Waals surface area (Å²) in [7, 11) is -3.56. The highest BCUT2D eigenvalue weighted by atomic mass is 32.2. The number of pyridine rings is 1. The van der Waals surface area contributed by atoms with Crippen molar-refractivity contribution in [3.05, 3.63) is 23.9 Å². The molecule has 0 aromatic carbocycles. The van der Waals surface area contributed by atoms with Crippen LogP contribution in [0.1, 0.15) is 40.2 Å². The molecule has 1 saturated carbocycles. The highest BCUT2D eigenvalue weighted by molar-refractivity contribution is 7.89. The minimum Gasteiger partial charge on any atom is -0.313 e. The summed E-state index contributed by atoms with van der Waals surface area (Å²) in [6.45, 7) is 11.9. The van der Waals surface area contributed by atoms with E-state index in [4.69, 9.17) is 0 Å². The topological polar surface area (TPSA) is 71.1 Å². The van der Waals surface area contributed by atoms with Gasteiger partial charge in [-0.3, -0.25) is 0 Å². The zero-order valence-corrected chi connectivity index (χ0v) is 14.2. The van der Waals surface area contributed by atoms with Crippen molar-refractivity contribution in [1.29, 1.82) is 0 Å². The molecule has 0 amide bonds. The van der Waals surface area contributed by atoms with Crippen molar-refractivity contribution in [1.82, 2.24) is 15.0 Å². The lowest BCUT2D eigenvalue weighted by Gasteiger charge is -2.08. The first-order chi connectivity index (χ1) is 9.63. The summed E-state index contributed by atoms with van der Waals surface area (Å²) < 4.78 is 27.6. The zero-order valence-electron chi connectivity index (χ0n) is 13.4. The summed E-state index contributed by atoms with van der Waals surface area (Å²) in [5, 5.41) is 3.27. The number of hydrogen-bond acceptors (Lipinski definition) is 4. The fourth-order valence-corrected chi connectivity index (χ4v) is 4.11. The monoisotopic (exact) mass is 311 g/mol. The SMILES string of the molecule is CCNCc1ccc(S(=O)(=O)NC2C(C)(C)C2(C)C)nc1. The summed E-state index contributed by atoms with van der Waals surface area (Å²) in [6, 6.07) is 3.31. The Labute approximate surface area is 127 Å². The molecule has 0 spiro atoms. The van der Waals surface area contributed by atoms with E-state index < -0.39 is 10.0 Å². The predicted molar refractivity (Wildman–Crippen MR) is 83.3 cm³/mol. The van der Waals surface area contributed by atoms with Gasteiger partial charge in [0, 0.05) is 18.8 Å². The molecule has 1 aromatic heterocycles. The second-order valence-electron chi connectivity index (χ2n) is 6.78. The van der Waals surface area contributed by atoms with E-state index in [-0.39, 0.29) is 21.9 Å². The molecule has 118 valence electrons. The number of rotatable bonds is 6. The molecule has 1 fully saturated rings. The van der Waals surface area contributed by atoms with Gasteiger partial charge < -0.3 is 5.32 Å². The first-order valence-corrected chi connectivity index (χ1v) is 8.79. The van der Waals surface area contributed by atoms with Gasteiger partial charge in [0.1, 0.15) is 0 Å². The summed E-state index contributed by atoms with van der Waals surface area (Å²) in [5.41, 5.74) is 0.902. The van der Waals surface area contributed by atoms with Crippen LogP contribution >= 0.6 is 0 Å². The molecule has 21 heavy (non-hydrogen) atoms. The van der Waals surface area contributed by atoms with Gasteiger partial charge in [-0.05, 0) is 29.0 Å². The van der Waals surface area contributed by atoms with Crippen LogP contribution < -0.4 is 10.0 Å². The van der Waals surface area contributed by atoms with E-state index in [2.05, 4.69) is 42.7 Å². The van der Waals surface area contributed by atoms with Crippen LogP contribution in [0.3, 0.4) is 0 Å². The van der Waals surface area contributed by atoms with E-state index >= 15 is 0 Å². The third-order valence-electron chi connectivity index (χ3n) is 4.95. The lowest BCUT2D eigenvalue weighted by molar-refractivity contribution is 0.457. The molecule has 0 aliphatic heterocycles. The molecule has 2 rings (SSSR count). The number of aromatic nitrogens is 1. The fraction of sp³-hybridized carbons (Fsp3) is 0.667. The van der Waals surface area contributed by atoms with Crippen LogP contribution in [-0.2, 0) is 16.6 Å². The molecule has 6 heteroatoms. The van der Waals surface area contributed by atoms with Crippen LogP contribution in [0.4, 0.5) is 0 Å². The summed E-state index contributed by atoms with van der Waals surface area (Å²) in [4.78, 5) is 4.09. The van der Waals surface area contributed by atoms with E-state index in [0.717, 1.165) is 12.1 Å². The van der Waals surface area contributed by atoms with Gasteiger partial charge in [0.15, 0.2) is 5.03 Å². The molecule has 0 atom stereocenters. The quantitative estimate of drug-likeness (QED) is 0.842. The Morgan fingerprint density at radius 1 is 1.19 bits per heavy atom. The van der Waals surface area contributed by atoms with Gasteiger partial charge in [0.2, 0.25) is 0 Å². The molecular weight excluding hydrogens is 286 g/mol. The highest BCUT2D eigenvalue weighted by Crippen LogP contribution is 2.62. The lowest BCUT2D eigenvalue weighted by atomic mass is 10.0. The second-order valence-corrected chi connectivity index (χ2v) is 8.44. The van der Waals surface area contributed by atoms with Gasteiger partial charge in [-0.2, -0.15) is 0 Å². The van der Waals surface area contributed by atoms with E-state index in [1.807, 2.05) is 6.92 Å². The van der Waals surface area contributed by atoms with Gasteiger partial charge in [0.05, 0.1) is 0 Å². The van der Waals surface area contributed by atoms with Crippen LogP contribution in [0.15, 0.2) is 23.4 Å². The zero-order chi connectivity index (χ0) is 15.9. The summed E-state index contributed by atoms with van der Waals surface area (Å²) in [5.74, 6) is 0. The molecule has 1 heterocycles. The number of sulfonamides is 1. The maximum absolute atomic E-state index is 12.4. The van der Waals surface area contributed by atoms with E-state index in [1.165, 1.54) is 0 Å². The molecule has 2 N–H and O–H groups in total. The van der Waals surface area contributed by atoms with Crippen molar-refractivity contribution in [2.45, 2.75) is 52.2 Å². The average molecular weight is 311 g/mol. The number of nitrogens with one attached hydrogen (secondary N) is 2. The van der Waals surface area contributed by atoms with Gasteiger partial charge in [-0.25, -0.2) is 18.1 Å². The third-order valence-corrected chi connectivity index (χ3v) is 6.28. The van der Waals surface area contributed by atoms with Crippen molar-refractivity contribution in [2.24, 2.45) is 10.8 Å². The van der Waals surface area contributed by atoms with Crippen LogP contribution in [0, 0.1) is 10.8 Å². The van der Waals surface area contributed by atoms with Crippen molar-refractivity contribution in [3.8, 4) is 0 Å². The minimum atomic E-state index is -3.56. The Morgan fingerprint density at radius 2 is 1.81 bits per heavy atom. The van der Waals surface area contributed by atoms with Gasteiger partial charge in [-0.15, -0.1) is 0 Å².